The third-order valence-electron chi connectivity index (χ3n) is 4.06. The van der Waals surface area contributed by atoms with Crippen LogP contribution in [0, 0.1) is 5.92 Å². The van der Waals surface area contributed by atoms with Gasteiger partial charge in [-0.15, -0.1) is 5.10 Å². The van der Waals surface area contributed by atoms with E-state index in [1.807, 2.05) is 19.2 Å². The van der Waals surface area contributed by atoms with Crippen LogP contribution >= 0.6 is 0 Å². The predicted molar refractivity (Wildman–Crippen MR) is 79.3 cm³/mol. The molecule has 1 saturated carbocycles. The number of nitrogens with one attached hydrogen (secondary N) is 1. The van der Waals surface area contributed by atoms with Gasteiger partial charge in [-0.1, -0.05) is 31.4 Å². The molecule has 0 amide bonds. The van der Waals surface area contributed by atoms with E-state index >= 15 is 0 Å². The number of aryl methyl sites for hydroxylation is 1. The van der Waals surface area contributed by atoms with Crippen LogP contribution in [0.1, 0.15) is 32.1 Å². The number of rotatable bonds is 4. The van der Waals surface area contributed by atoms with Crippen molar-refractivity contribution in [2.45, 2.75) is 32.1 Å². The van der Waals surface area contributed by atoms with Crippen molar-refractivity contribution in [2.24, 2.45) is 13.0 Å². The van der Waals surface area contributed by atoms with Gasteiger partial charge in [0.25, 0.3) is 0 Å². The lowest BCUT2D eigenvalue weighted by Gasteiger charge is -2.22. The summed E-state index contributed by atoms with van der Waals surface area (Å²) in [5, 5.41) is 15.2. The summed E-state index contributed by atoms with van der Waals surface area (Å²) in [5.74, 6) is 1.62. The van der Waals surface area contributed by atoms with E-state index in [9.17, 15) is 0 Å². The first kappa shape index (κ1) is 13.1. The van der Waals surface area contributed by atoms with Crippen LogP contribution in [-0.4, -0.2) is 26.8 Å². The molecule has 1 heterocycles. The van der Waals surface area contributed by atoms with Crippen LogP contribution in [-0.2, 0) is 7.05 Å². The zero-order valence-corrected chi connectivity index (χ0v) is 11.9. The van der Waals surface area contributed by atoms with E-state index in [0.29, 0.717) is 0 Å². The smallest absolute Gasteiger partial charge is 0.181 e. The van der Waals surface area contributed by atoms with Crippen LogP contribution < -0.4 is 5.32 Å². The molecule has 1 aliphatic rings. The lowest BCUT2D eigenvalue weighted by atomic mass is 9.89. The summed E-state index contributed by atoms with van der Waals surface area (Å²) < 4.78 is 1.69. The zero-order chi connectivity index (χ0) is 13.8. The zero-order valence-electron chi connectivity index (χ0n) is 11.9. The van der Waals surface area contributed by atoms with Gasteiger partial charge in [-0.3, -0.25) is 0 Å². The van der Waals surface area contributed by atoms with Crippen molar-refractivity contribution in [2.75, 3.05) is 11.9 Å². The lowest BCUT2D eigenvalue weighted by Crippen LogP contribution is -2.17. The second-order valence-corrected chi connectivity index (χ2v) is 5.59. The van der Waals surface area contributed by atoms with Gasteiger partial charge in [0.05, 0.1) is 0 Å². The number of hydrogen-bond donors (Lipinski definition) is 1. The SMILES string of the molecule is Cn1nnnc1-c1cccc(NCC2CCCCC2)c1. The first-order chi connectivity index (χ1) is 9.83. The molecule has 0 aliphatic heterocycles. The van der Waals surface area contributed by atoms with E-state index in [4.69, 9.17) is 0 Å². The maximum absolute atomic E-state index is 4.05. The highest BCUT2D eigenvalue weighted by atomic mass is 15.5. The third-order valence-corrected chi connectivity index (χ3v) is 4.06. The molecule has 1 aromatic carbocycles. The maximum atomic E-state index is 4.05. The summed E-state index contributed by atoms with van der Waals surface area (Å²) >= 11 is 0. The van der Waals surface area contributed by atoms with Gasteiger partial charge in [0.15, 0.2) is 5.82 Å². The summed E-state index contributed by atoms with van der Waals surface area (Å²) in [6, 6.07) is 8.31. The standard InChI is InChI=1S/C15H21N5/c1-20-15(17-18-19-20)13-8-5-9-14(10-13)16-11-12-6-3-2-4-7-12/h5,8-10,12,16H,2-4,6-7,11H2,1H3. The van der Waals surface area contributed by atoms with Gasteiger partial charge >= 0.3 is 0 Å². The molecule has 0 bridgehead atoms. The van der Waals surface area contributed by atoms with Crippen molar-refractivity contribution in [3.8, 4) is 11.4 Å². The van der Waals surface area contributed by atoms with E-state index < -0.39 is 0 Å². The average molecular weight is 271 g/mol. The fraction of sp³-hybridized carbons (Fsp3) is 0.533. The van der Waals surface area contributed by atoms with Gasteiger partial charge in [0, 0.05) is 24.8 Å². The molecule has 2 aromatic rings. The average Bonchev–Trinajstić information content (AvgIpc) is 2.93. The second-order valence-electron chi connectivity index (χ2n) is 5.59. The highest BCUT2D eigenvalue weighted by molar-refractivity contribution is 5.62. The molecule has 20 heavy (non-hydrogen) atoms. The van der Waals surface area contributed by atoms with E-state index in [1.165, 1.54) is 32.1 Å². The van der Waals surface area contributed by atoms with Crippen molar-refractivity contribution >= 4 is 5.69 Å². The quantitative estimate of drug-likeness (QED) is 0.929. The molecule has 1 aliphatic carbocycles. The number of tetrazole rings is 1. The summed E-state index contributed by atoms with van der Waals surface area (Å²) in [5.41, 5.74) is 2.20. The Morgan fingerprint density at radius 2 is 2.10 bits per heavy atom. The first-order valence-electron chi connectivity index (χ1n) is 7.39. The van der Waals surface area contributed by atoms with Crippen molar-refractivity contribution in [3.05, 3.63) is 24.3 Å². The molecule has 5 heteroatoms. The van der Waals surface area contributed by atoms with E-state index in [2.05, 4.69) is 33.0 Å². The Balaban J connectivity index is 1.67. The molecule has 0 saturated heterocycles. The molecule has 5 nitrogen and oxygen atoms in total. The van der Waals surface area contributed by atoms with Gasteiger partial charge in [0.2, 0.25) is 0 Å². The van der Waals surface area contributed by atoms with Crippen molar-refractivity contribution in [3.63, 3.8) is 0 Å². The van der Waals surface area contributed by atoms with Gasteiger partial charge in [0.1, 0.15) is 0 Å². The minimum atomic E-state index is 0.798. The second kappa shape index (κ2) is 6.03. The Bertz CT molecular complexity index is 557. The minimum Gasteiger partial charge on any atom is -0.385 e. The molecule has 1 fully saturated rings. The van der Waals surface area contributed by atoms with Gasteiger partial charge in [-0.2, -0.15) is 0 Å². The predicted octanol–water partition coefficient (Wildman–Crippen LogP) is 2.87. The van der Waals surface area contributed by atoms with Crippen LogP contribution in [0.2, 0.25) is 0 Å². The molecule has 106 valence electrons. The molecule has 0 unspecified atom stereocenters. The maximum Gasteiger partial charge on any atom is 0.181 e. The normalized spacial score (nSPS) is 16.2. The van der Waals surface area contributed by atoms with Gasteiger partial charge in [-0.05, 0) is 41.3 Å². The molecule has 0 atom stereocenters. The monoisotopic (exact) mass is 271 g/mol. The van der Waals surface area contributed by atoms with Crippen LogP contribution in [0.4, 0.5) is 5.69 Å². The third kappa shape index (κ3) is 2.98. The highest BCUT2D eigenvalue weighted by Gasteiger charge is 2.13. The van der Waals surface area contributed by atoms with Gasteiger partial charge < -0.3 is 5.32 Å². The summed E-state index contributed by atoms with van der Waals surface area (Å²) in [6.45, 7) is 1.07. The Labute approximate surface area is 119 Å². The number of anilines is 1. The Kier molecular flexibility index (Phi) is 3.95. The number of hydrogen-bond acceptors (Lipinski definition) is 4. The fourth-order valence-electron chi connectivity index (χ4n) is 2.90. The molecule has 0 radical (unpaired) electrons. The van der Waals surface area contributed by atoms with E-state index in [-0.39, 0.29) is 0 Å². The topological polar surface area (TPSA) is 55.6 Å². The summed E-state index contributed by atoms with van der Waals surface area (Å²) in [7, 11) is 1.86. The number of nitrogens with zero attached hydrogens (tertiary/aromatic N) is 4. The first-order valence-corrected chi connectivity index (χ1v) is 7.39. The molecular formula is C15H21N5. The van der Waals surface area contributed by atoms with Gasteiger partial charge in [-0.25, -0.2) is 4.68 Å². The number of benzene rings is 1. The van der Waals surface area contributed by atoms with Crippen LogP contribution in [0.25, 0.3) is 11.4 Å². The Morgan fingerprint density at radius 3 is 2.85 bits per heavy atom. The van der Waals surface area contributed by atoms with Crippen LogP contribution in [0.15, 0.2) is 24.3 Å². The van der Waals surface area contributed by atoms with Crippen molar-refractivity contribution < 1.29 is 0 Å². The summed E-state index contributed by atoms with van der Waals surface area (Å²) in [4.78, 5) is 0. The molecular weight excluding hydrogens is 250 g/mol. The van der Waals surface area contributed by atoms with Crippen molar-refractivity contribution in [1.29, 1.82) is 0 Å². The van der Waals surface area contributed by atoms with Crippen molar-refractivity contribution in [1.82, 2.24) is 20.2 Å². The minimum absolute atomic E-state index is 0.798. The Hall–Kier alpha value is -1.91. The van der Waals surface area contributed by atoms with Crippen LogP contribution in [0.5, 0.6) is 0 Å². The summed E-state index contributed by atoms with van der Waals surface area (Å²) in [6.07, 6.45) is 6.90. The largest absolute Gasteiger partial charge is 0.385 e. The molecule has 1 N–H and O–H groups in total. The molecule has 3 rings (SSSR count). The molecule has 1 aromatic heterocycles. The fourth-order valence-corrected chi connectivity index (χ4v) is 2.90. The lowest BCUT2D eigenvalue weighted by molar-refractivity contribution is 0.373. The highest BCUT2D eigenvalue weighted by Crippen LogP contribution is 2.25. The Morgan fingerprint density at radius 1 is 1.25 bits per heavy atom. The number of aromatic nitrogens is 4. The van der Waals surface area contributed by atoms with Crippen LogP contribution in [0.3, 0.4) is 0 Å². The van der Waals surface area contributed by atoms with E-state index in [1.54, 1.807) is 4.68 Å². The van der Waals surface area contributed by atoms with E-state index in [0.717, 1.165) is 29.5 Å². The molecule has 0 spiro atoms.